The molecule has 0 saturated heterocycles. The molecule has 12 heteroatoms. The Balaban J connectivity index is 1.15. The van der Waals surface area contributed by atoms with E-state index in [-0.39, 0.29) is 11.5 Å². The van der Waals surface area contributed by atoms with Gasteiger partial charge in [0.2, 0.25) is 0 Å². The van der Waals surface area contributed by atoms with Crippen LogP contribution in [0.1, 0.15) is 11.1 Å². The van der Waals surface area contributed by atoms with Gasteiger partial charge in [0.15, 0.2) is 0 Å². The second-order valence-electron chi connectivity index (χ2n) is 11.3. The van der Waals surface area contributed by atoms with Gasteiger partial charge in [-0.1, -0.05) is 72.8 Å². The van der Waals surface area contributed by atoms with E-state index < -0.39 is 12.7 Å². The van der Waals surface area contributed by atoms with E-state index in [1.807, 2.05) is 48.5 Å². The third-order valence-electron chi connectivity index (χ3n) is 7.80. The molecule has 0 unspecified atom stereocenters. The normalized spacial score (nSPS) is 11.8. The van der Waals surface area contributed by atoms with Gasteiger partial charge in [0.1, 0.15) is 11.5 Å². The van der Waals surface area contributed by atoms with Gasteiger partial charge in [-0.05, 0) is 190 Å². The number of ether oxygens (including phenoxy) is 2. The first-order valence-corrected chi connectivity index (χ1v) is 19.3. The van der Waals surface area contributed by atoms with Gasteiger partial charge in [-0.25, -0.2) is 0 Å². The Labute approximate surface area is 344 Å². The SMILES string of the molecule is FC(F)(F)Oc1ccc(-c2ccc(-c3c(I)cc(Cc4cc(I)c(-c5ccc(-c6ccc(OC(F)(F)F)cc6)cc5)c(I)c4)cc3I)cc2)cc1. The maximum atomic E-state index is 12.5. The van der Waals surface area contributed by atoms with Crippen molar-refractivity contribution in [2.45, 2.75) is 19.1 Å². The highest BCUT2D eigenvalue weighted by atomic mass is 127. The lowest BCUT2D eigenvalue weighted by atomic mass is 9.96. The van der Waals surface area contributed by atoms with E-state index >= 15 is 0 Å². The molecule has 0 aliphatic carbocycles. The lowest BCUT2D eigenvalue weighted by Crippen LogP contribution is -2.16. The lowest BCUT2D eigenvalue weighted by molar-refractivity contribution is -0.275. The molecule has 0 N–H and O–H groups in total. The van der Waals surface area contributed by atoms with Crippen molar-refractivity contribution in [3.8, 4) is 56.0 Å². The third kappa shape index (κ3) is 9.90. The molecule has 6 aromatic carbocycles. The number of benzene rings is 6. The Morgan fingerprint density at radius 2 is 0.608 bits per heavy atom. The second kappa shape index (κ2) is 15.8. The van der Waals surface area contributed by atoms with Gasteiger partial charge in [0.25, 0.3) is 0 Å². The van der Waals surface area contributed by atoms with E-state index in [1.165, 1.54) is 35.4 Å². The van der Waals surface area contributed by atoms with Gasteiger partial charge in [-0.2, -0.15) is 0 Å². The second-order valence-corrected chi connectivity index (χ2v) is 16.0. The van der Waals surface area contributed by atoms with E-state index in [0.717, 1.165) is 65.2 Å². The summed E-state index contributed by atoms with van der Waals surface area (Å²) in [7, 11) is 0. The first-order valence-electron chi connectivity index (χ1n) is 15.0. The first kappa shape index (κ1) is 38.2. The zero-order valence-electron chi connectivity index (χ0n) is 25.9. The van der Waals surface area contributed by atoms with Crippen molar-refractivity contribution in [3.63, 3.8) is 0 Å². The van der Waals surface area contributed by atoms with Crippen molar-refractivity contribution in [1.82, 2.24) is 0 Å². The van der Waals surface area contributed by atoms with Crippen LogP contribution in [0.3, 0.4) is 0 Å². The van der Waals surface area contributed by atoms with Crippen LogP contribution < -0.4 is 9.47 Å². The molecule has 2 nitrogen and oxygen atoms in total. The number of halogens is 10. The number of alkyl halides is 6. The zero-order valence-corrected chi connectivity index (χ0v) is 34.5. The molecule has 6 rings (SSSR count). The molecule has 0 aliphatic rings. The molecule has 51 heavy (non-hydrogen) atoms. The maximum absolute atomic E-state index is 12.5. The molecular weight excluding hydrogens is 1120 g/mol. The summed E-state index contributed by atoms with van der Waals surface area (Å²) < 4.78 is 87.5. The predicted molar refractivity (Wildman–Crippen MR) is 222 cm³/mol. The summed E-state index contributed by atoms with van der Waals surface area (Å²) in [6.45, 7) is 0. The maximum Gasteiger partial charge on any atom is 0.573 e. The third-order valence-corrected chi connectivity index (χ3v) is 11.2. The van der Waals surface area contributed by atoms with Crippen LogP contribution in [0.25, 0.3) is 44.5 Å². The van der Waals surface area contributed by atoms with Gasteiger partial charge < -0.3 is 9.47 Å². The van der Waals surface area contributed by atoms with Crippen LogP contribution in [0.5, 0.6) is 11.5 Å². The molecular formula is C39H22F6I4O2. The average Bonchev–Trinajstić information content (AvgIpc) is 3.04. The van der Waals surface area contributed by atoms with Crippen LogP contribution in [0, 0.1) is 14.3 Å². The molecule has 0 heterocycles. The molecule has 0 atom stereocenters. The van der Waals surface area contributed by atoms with Crippen LogP contribution in [-0.4, -0.2) is 12.7 Å². The van der Waals surface area contributed by atoms with Crippen molar-refractivity contribution in [2.24, 2.45) is 0 Å². The van der Waals surface area contributed by atoms with Crippen LogP contribution >= 0.6 is 90.4 Å². The van der Waals surface area contributed by atoms with Gasteiger partial charge >= 0.3 is 12.7 Å². The summed E-state index contributed by atoms with van der Waals surface area (Å²) in [5.41, 5.74) is 10.0. The molecule has 0 saturated carbocycles. The largest absolute Gasteiger partial charge is 0.573 e. The fourth-order valence-electron chi connectivity index (χ4n) is 5.60. The smallest absolute Gasteiger partial charge is 0.406 e. The monoisotopic (exact) mass is 1140 g/mol. The molecule has 6 aromatic rings. The summed E-state index contributed by atoms with van der Waals surface area (Å²) in [6.07, 6.45) is -8.71. The molecule has 0 aromatic heterocycles. The fourth-order valence-corrected chi connectivity index (χ4v) is 10.6. The number of rotatable bonds is 8. The van der Waals surface area contributed by atoms with Crippen LogP contribution in [0.4, 0.5) is 26.3 Å². The standard InChI is InChI=1S/C39H22F6I4O2/c40-38(41,42)50-30-13-9-26(10-14-30)24-1-5-28(6-2-24)36-32(46)18-22(19-33(36)47)17-23-20-34(48)37(35(49)21-23)29-7-3-25(4-8-29)27-11-15-31(16-12-27)51-39(43,44)45/h1-16,18-21H,17H2. The molecule has 0 bridgehead atoms. The number of hydrogen-bond donors (Lipinski definition) is 0. The lowest BCUT2D eigenvalue weighted by Gasteiger charge is -2.14. The highest BCUT2D eigenvalue weighted by Gasteiger charge is 2.31. The summed E-state index contributed by atoms with van der Waals surface area (Å²) in [5.74, 6) is -0.512. The minimum atomic E-state index is -4.73. The minimum Gasteiger partial charge on any atom is -0.406 e. The highest BCUT2D eigenvalue weighted by molar-refractivity contribution is 14.1. The zero-order chi connectivity index (χ0) is 36.5. The Morgan fingerprint density at radius 1 is 0.373 bits per heavy atom. The highest BCUT2D eigenvalue weighted by Crippen LogP contribution is 2.37. The van der Waals surface area contributed by atoms with Crippen molar-refractivity contribution in [2.75, 3.05) is 0 Å². The van der Waals surface area contributed by atoms with Crippen LogP contribution in [-0.2, 0) is 6.42 Å². The molecule has 0 radical (unpaired) electrons. The van der Waals surface area contributed by atoms with Gasteiger partial charge in [-0.3, -0.25) is 0 Å². The minimum absolute atomic E-state index is 0.256. The Morgan fingerprint density at radius 3 is 0.863 bits per heavy atom. The van der Waals surface area contributed by atoms with Crippen molar-refractivity contribution in [1.29, 1.82) is 0 Å². The van der Waals surface area contributed by atoms with E-state index in [2.05, 4.69) is 124 Å². The van der Waals surface area contributed by atoms with Crippen LogP contribution in [0.15, 0.2) is 121 Å². The number of hydrogen-bond acceptors (Lipinski definition) is 2. The van der Waals surface area contributed by atoms with Gasteiger partial charge in [-0.15, -0.1) is 26.3 Å². The van der Waals surface area contributed by atoms with E-state index in [4.69, 9.17) is 0 Å². The summed E-state index contributed by atoms with van der Waals surface area (Å²) >= 11 is 9.47. The Hall–Kier alpha value is -2.58. The van der Waals surface area contributed by atoms with Crippen molar-refractivity contribution in [3.05, 3.63) is 147 Å². The summed E-state index contributed by atoms with van der Waals surface area (Å²) in [4.78, 5) is 0. The van der Waals surface area contributed by atoms with Gasteiger partial charge in [0.05, 0.1) is 0 Å². The quantitative estimate of drug-likeness (QED) is 0.112. The Bertz CT molecular complexity index is 1960. The predicted octanol–water partition coefficient (Wildman–Crippen LogP) is 14.2. The first-order chi connectivity index (χ1) is 24.1. The van der Waals surface area contributed by atoms with Crippen molar-refractivity contribution >= 4 is 90.4 Å². The molecule has 0 amide bonds. The molecule has 0 spiro atoms. The topological polar surface area (TPSA) is 18.5 Å². The van der Waals surface area contributed by atoms with E-state index in [9.17, 15) is 26.3 Å². The average molecular weight is 1140 g/mol. The van der Waals surface area contributed by atoms with Crippen LogP contribution in [0.2, 0.25) is 0 Å². The Kier molecular flexibility index (Phi) is 11.8. The van der Waals surface area contributed by atoms with Crippen molar-refractivity contribution < 1.29 is 35.8 Å². The summed E-state index contributed by atoms with van der Waals surface area (Å²) in [6, 6.07) is 36.4. The van der Waals surface area contributed by atoms with Gasteiger partial charge in [0, 0.05) is 25.4 Å². The molecule has 260 valence electrons. The fraction of sp³-hybridized carbons (Fsp3) is 0.0769. The molecule has 0 aliphatic heterocycles. The summed E-state index contributed by atoms with van der Waals surface area (Å²) in [5, 5.41) is 0. The van der Waals surface area contributed by atoms with E-state index in [0.29, 0.717) is 0 Å². The van der Waals surface area contributed by atoms with E-state index in [1.54, 1.807) is 24.3 Å². The molecule has 0 fully saturated rings.